The van der Waals surface area contributed by atoms with Crippen molar-refractivity contribution in [2.24, 2.45) is 29.1 Å². The van der Waals surface area contributed by atoms with Crippen molar-refractivity contribution in [3.63, 3.8) is 0 Å². The van der Waals surface area contributed by atoms with Crippen LogP contribution < -0.4 is 0 Å². The molecule has 0 bridgehead atoms. The quantitative estimate of drug-likeness (QED) is 0.656. The summed E-state index contributed by atoms with van der Waals surface area (Å²) in [7, 11) is -3.41. The van der Waals surface area contributed by atoms with E-state index in [0.29, 0.717) is 22.8 Å². The minimum atomic E-state index is -3.41. The van der Waals surface area contributed by atoms with Crippen LogP contribution in [-0.4, -0.2) is 59.8 Å². The molecule has 8 heteroatoms. The number of hydrogen-bond acceptors (Lipinski definition) is 7. The number of hydrogen-bond donors (Lipinski definition) is 2. The lowest BCUT2D eigenvalue weighted by Crippen LogP contribution is -2.54. The fourth-order valence-corrected chi connectivity index (χ4v) is 9.27. The molecule has 2 N–H and O–H groups in total. The average molecular weight is 425 g/mol. The molecule has 0 aromatic rings. The second-order valence-corrected chi connectivity index (χ2v) is 12.9. The molecule has 0 radical (unpaired) electrons. The topological polar surface area (TPSA) is 83.8 Å². The van der Waals surface area contributed by atoms with Gasteiger partial charge in [0.2, 0.25) is 0 Å². The van der Waals surface area contributed by atoms with E-state index in [1.807, 2.05) is 23.5 Å². The molecule has 152 valence electrons. The molecule has 3 rings (SSSR count). The lowest BCUT2D eigenvalue weighted by molar-refractivity contribution is -0.123. The standard InChI is InChI=1S/C18H32O5S3/c1-11(10-23-26(3,21)22)13-4-5-18(9-13)12(2)16(20)15(19)8-14(18)17-24-6-7-25-17/h11-17,19-20H,4-10H2,1-3H3/t11?,12-,13-,14-,15-,16-,18+/m1/s1. The fourth-order valence-electron chi connectivity index (χ4n) is 5.39. The van der Waals surface area contributed by atoms with Crippen molar-refractivity contribution in [1.29, 1.82) is 0 Å². The van der Waals surface area contributed by atoms with Gasteiger partial charge in [-0.25, -0.2) is 0 Å². The molecule has 1 unspecified atom stereocenters. The summed E-state index contributed by atoms with van der Waals surface area (Å²) in [5.74, 6) is 3.37. The Hall–Kier alpha value is 0.530. The Kier molecular flexibility index (Phi) is 6.62. The van der Waals surface area contributed by atoms with Crippen LogP contribution in [0.4, 0.5) is 0 Å². The summed E-state index contributed by atoms with van der Waals surface area (Å²) in [6.07, 6.45) is 3.57. The van der Waals surface area contributed by atoms with Crippen molar-refractivity contribution >= 4 is 33.6 Å². The summed E-state index contributed by atoms with van der Waals surface area (Å²) in [6.45, 7) is 4.41. The zero-order valence-corrected chi connectivity index (χ0v) is 18.3. The number of aliphatic hydroxyl groups is 2. The molecule has 0 aromatic heterocycles. The summed E-state index contributed by atoms with van der Waals surface area (Å²) >= 11 is 4.01. The molecular weight excluding hydrogens is 392 g/mol. The summed E-state index contributed by atoms with van der Waals surface area (Å²) in [6, 6.07) is 0. The molecule has 1 spiro atoms. The Bertz CT molecular complexity index is 592. The van der Waals surface area contributed by atoms with E-state index in [1.165, 1.54) is 0 Å². The van der Waals surface area contributed by atoms with E-state index in [2.05, 4.69) is 13.8 Å². The van der Waals surface area contributed by atoms with Gasteiger partial charge in [-0.2, -0.15) is 8.42 Å². The van der Waals surface area contributed by atoms with Crippen LogP contribution >= 0.6 is 23.5 Å². The van der Waals surface area contributed by atoms with Crippen LogP contribution in [0, 0.1) is 29.1 Å². The van der Waals surface area contributed by atoms with Gasteiger partial charge in [-0.3, -0.25) is 4.18 Å². The second-order valence-electron chi connectivity index (χ2n) is 8.50. The zero-order valence-electron chi connectivity index (χ0n) is 15.8. The van der Waals surface area contributed by atoms with Gasteiger partial charge in [0.15, 0.2) is 0 Å². The van der Waals surface area contributed by atoms with E-state index in [0.717, 1.165) is 37.0 Å². The maximum atomic E-state index is 11.3. The van der Waals surface area contributed by atoms with Crippen molar-refractivity contribution in [1.82, 2.24) is 0 Å². The van der Waals surface area contributed by atoms with Crippen LogP contribution in [0.2, 0.25) is 0 Å². The first-order valence-corrected chi connectivity index (χ1v) is 13.5. The maximum Gasteiger partial charge on any atom is 0.264 e. The third-order valence-electron chi connectivity index (χ3n) is 7.00. The zero-order chi connectivity index (χ0) is 19.1. The third-order valence-corrected chi connectivity index (χ3v) is 10.8. The first-order chi connectivity index (χ1) is 12.1. The summed E-state index contributed by atoms with van der Waals surface area (Å²) < 4.78 is 28.2. The van der Waals surface area contributed by atoms with Gasteiger partial charge in [-0.1, -0.05) is 13.8 Å². The van der Waals surface area contributed by atoms with E-state index in [4.69, 9.17) is 4.18 Å². The van der Waals surface area contributed by atoms with E-state index >= 15 is 0 Å². The molecule has 5 nitrogen and oxygen atoms in total. The van der Waals surface area contributed by atoms with Crippen LogP contribution in [0.3, 0.4) is 0 Å². The van der Waals surface area contributed by atoms with Crippen LogP contribution in [0.25, 0.3) is 0 Å². The largest absolute Gasteiger partial charge is 0.390 e. The highest BCUT2D eigenvalue weighted by Crippen LogP contribution is 2.62. The summed E-state index contributed by atoms with van der Waals surface area (Å²) in [5.41, 5.74) is 0.0394. The second kappa shape index (κ2) is 8.11. The van der Waals surface area contributed by atoms with E-state index in [1.54, 1.807) is 0 Å². The molecule has 7 atom stereocenters. The third kappa shape index (κ3) is 4.25. The Balaban J connectivity index is 1.76. The summed E-state index contributed by atoms with van der Waals surface area (Å²) in [5, 5.41) is 21.0. The van der Waals surface area contributed by atoms with Crippen LogP contribution in [-0.2, 0) is 14.3 Å². The van der Waals surface area contributed by atoms with Gasteiger partial charge in [-0.05, 0) is 54.8 Å². The van der Waals surface area contributed by atoms with Gasteiger partial charge in [0.05, 0.1) is 29.7 Å². The molecule has 1 aliphatic heterocycles. The predicted octanol–water partition coefficient (Wildman–Crippen LogP) is 2.57. The van der Waals surface area contributed by atoms with Gasteiger partial charge in [0.1, 0.15) is 0 Å². The molecule has 0 amide bonds. The first-order valence-electron chi connectivity index (χ1n) is 9.58. The summed E-state index contributed by atoms with van der Waals surface area (Å²) in [4.78, 5) is 0. The number of aliphatic hydroxyl groups excluding tert-OH is 2. The minimum absolute atomic E-state index is 0.0394. The molecule has 3 fully saturated rings. The molecule has 2 aliphatic carbocycles. The lowest BCUT2D eigenvalue weighted by Gasteiger charge is -2.52. The Morgan fingerprint density at radius 1 is 1.27 bits per heavy atom. The highest BCUT2D eigenvalue weighted by Gasteiger charge is 2.58. The molecule has 3 aliphatic rings. The first kappa shape index (κ1) is 21.2. The van der Waals surface area contributed by atoms with Gasteiger partial charge in [-0.15, -0.1) is 23.5 Å². The molecule has 1 heterocycles. The average Bonchev–Trinajstić information content (AvgIpc) is 3.24. The molecular formula is C18H32O5S3. The van der Waals surface area contributed by atoms with Gasteiger partial charge >= 0.3 is 0 Å². The molecule has 2 saturated carbocycles. The van der Waals surface area contributed by atoms with E-state index in [9.17, 15) is 18.6 Å². The van der Waals surface area contributed by atoms with Crippen molar-refractivity contribution < 1.29 is 22.8 Å². The number of rotatable bonds is 5. The van der Waals surface area contributed by atoms with Gasteiger partial charge in [0, 0.05) is 11.5 Å². The molecule has 26 heavy (non-hydrogen) atoms. The Labute approximate surface area is 166 Å². The molecule has 0 aromatic carbocycles. The highest BCUT2D eigenvalue weighted by molar-refractivity contribution is 8.20. The minimum Gasteiger partial charge on any atom is -0.390 e. The normalized spacial score (nSPS) is 43.2. The van der Waals surface area contributed by atoms with E-state index in [-0.39, 0.29) is 23.9 Å². The monoisotopic (exact) mass is 424 g/mol. The highest BCUT2D eigenvalue weighted by atomic mass is 32.2. The predicted molar refractivity (Wildman–Crippen MR) is 108 cm³/mol. The van der Waals surface area contributed by atoms with Gasteiger partial charge in [0.25, 0.3) is 10.1 Å². The lowest BCUT2D eigenvalue weighted by atomic mass is 9.57. The van der Waals surface area contributed by atoms with Crippen LogP contribution in [0.1, 0.15) is 39.5 Å². The molecule has 1 saturated heterocycles. The Morgan fingerprint density at radius 2 is 1.92 bits per heavy atom. The maximum absolute atomic E-state index is 11.3. The smallest absolute Gasteiger partial charge is 0.264 e. The Morgan fingerprint density at radius 3 is 2.54 bits per heavy atom. The van der Waals surface area contributed by atoms with Crippen molar-refractivity contribution in [2.75, 3.05) is 24.4 Å². The van der Waals surface area contributed by atoms with Crippen molar-refractivity contribution in [2.45, 2.75) is 56.3 Å². The number of thioether (sulfide) groups is 2. The van der Waals surface area contributed by atoms with Crippen molar-refractivity contribution in [3.05, 3.63) is 0 Å². The van der Waals surface area contributed by atoms with Crippen LogP contribution in [0.15, 0.2) is 0 Å². The SMILES string of the molecule is CC(COS(C)(=O)=O)[C@@H]1CC[C@@]2(C1)[C@@H](C1SCCS1)C[C@@H](O)[C@H](O)[C@H]2C. The van der Waals surface area contributed by atoms with Gasteiger partial charge < -0.3 is 10.2 Å². The fraction of sp³-hybridized carbons (Fsp3) is 1.00. The van der Waals surface area contributed by atoms with Crippen LogP contribution in [0.5, 0.6) is 0 Å². The van der Waals surface area contributed by atoms with Crippen molar-refractivity contribution in [3.8, 4) is 0 Å². The van der Waals surface area contributed by atoms with E-state index < -0.39 is 22.3 Å².